The predicted molar refractivity (Wildman–Crippen MR) is 176 cm³/mol. The van der Waals surface area contributed by atoms with Crippen LogP contribution in [0, 0.1) is 0 Å². The Bertz CT molecular complexity index is 1990. The maximum Gasteiger partial charge on any atom is 0.337 e. The molecule has 9 heteroatoms. The number of hydrogen-bond acceptors (Lipinski definition) is 6. The van der Waals surface area contributed by atoms with Crippen LogP contribution in [0.5, 0.6) is 11.5 Å². The lowest BCUT2D eigenvalue weighted by Gasteiger charge is -2.23. The van der Waals surface area contributed by atoms with E-state index in [0.29, 0.717) is 29.4 Å². The van der Waals surface area contributed by atoms with Gasteiger partial charge in [0.15, 0.2) is 0 Å². The second kappa shape index (κ2) is 13.6. The van der Waals surface area contributed by atoms with Gasteiger partial charge in [-0.05, 0) is 84.3 Å². The Labute approximate surface area is 265 Å². The molecule has 1 aliphatic carbocycles. The molecule has 1 fully saturated rings. The van der Waals surface area contributed by atoms with Gasteiger partial charge in [0.05, 0.1) is 29.6 Å². The van der Waals surface area contributed by atoms with Crippen LogP contribution in [0.2, 0.25) is 0 Å². The Morgan fingerprint density at radius 3 is 2.46 bits per heavy atom. The number of phenolic OH excluding ortho intramolecular Hbond substituents is 1. The summed E-state index contributed by atoms with van der Waals surface area (Å²) in [5.41, 5.74) is 6.19. The summed E-state index contributed by atoms with van der Waals surface area (Å²) in [6.07, 6.45) is 9.40. The van der Waals surface area contributed by atoms with Gasteiger partial charge in [-0.25, -0.2) is 9.59 Å². The number of nitrogens with one attached hydrogen (secondary N) is 2. The number of methoxy groups -OCH3 is 1. The van der Waals surface area contributed by atoms with Gasteiger partial charge in [-0.1, -0.05) is 37.5 Å². The van der Waals surface area contributed by atoms with Crippen molar-refractivity contribution in [3.05, 3.63) is 114 Å². The van der Waals surface area contributed by atoms with Crippen molar-refractivity contribution >= 4 is 33.7 Å². The smallest absolute Gasteiger partial charge is 0.337 e. The number of carboxylic acid groups (broad SMARTS) is 1. The summed E-state index contributed by atoms with van der Waals surface area (Å²) in [6.45, 7) is 0.329. The fraction of sp³-hybridized carbons (Fsp3) is 0.216. The number of carboxylic acids is 1. The number of carbonyl (C=O) groups excluding carboxylic acids is 1. The molecule has 4 N–H and O–H groups in total. The lowest BCUT2D eigenvalue weighted by Crippen LogP contribution is -2.05. The summed E-state index contributed by atoms with van der Waals surface area (Å²) in [7, 11) is 1.38. The van der Waals surface area contributed by atoms with Crippen molar-refractivity contribution < 1.29 is 29.3 Å². The lowest BCUT2D eigenvalue weighted by atomic mass is 9.81. The molecule has 0 saturated heterocycles. The van der Waals surface area contributed by atoms with Crippen molar-refractivity contribution in [3.8, 4) is 22.8 Å². The summed E-state index contributed by atoms with van der Waals surface area (Å²) in [5.74, 6) is -0.132. The normalized spacial score (nSPS) is 13.2. The molecule has 234 valence electrons. The number of nitrogens with zero attached hydrogens (tertiary/aromatic N) is 1. The number of fused-ring (bicyclic) bond motifs is 2. The third kappa shape index (κ3) is 6.58. The fourth-order valence-corrected chi connectivity index (χ4v) is 6.13. The minimum atomic E-state index is -0.897. The van der Waals surface area contributed by atoms with Gasteiger partial charge < -0.3 is 29.7 Å². The molecule has 3 aromatic heterocycles. The molecule has 0 unspecified atom stereocenters. The van der Waals surface area contributed by atoms with Crippen molar-refractivity contribution in [3.63, 3.8) is 0 Å². The van der Waals surface area contributed by atoms with Crippen molar-refractivity contribution in [2.75, 3.05) is 7.11 Å². The van der Waals surface area contributed by atoms with Gasteiger partial charge in [0.25, 0.3) is 0 Å². The first-order valence-electron chi connectivity index (χ1n) is 15.3. The SMILES string of the molecule is COC(=O)c1ccc2c(C3CCCCC3)c(-c3ccc(OCc4ccccn4)cc3O)[nH]c2c1.O=C(O)c1ccc2cc[nH]c2c1. The molecule has 0 atom stereocenters. The maximum absolute atomic E-state index is 12.1. The van der Waals surface area contributed by atoms with Crippen molar-refractivity contribution in [2.45, 2.75) is 44.6 Å². The van der Waals surface area contributed by atoms with Gasteiger partial charge in [0, 0.05) is 40.4 Å². The number of phenols is 1. The molecule has 0 amide bonds. The summed E-state index contributed by atoms with van der Waals surface area (Å²) in [5, 5.41) is 21.8. The molecular formula is C37H35N3O6. The molecule has 9 nitrogen and oxygen atoms in total. The van der Waals surface area contributed by atoms with Gasteiger partial charge in [-0.15, -0.1) is 0 Å². The van der Waals surface area contributed by atoms with Crippen LogP contribution in [0.25, 0.3) is 33.1 Å². The summed E-state index contributed by atoms with van der Waals surface area (Å²) < 4.78 is 10.7. The molecule has 0 radical (unpaired) electrons. The number of benzene rings is 3. The number of esters is 1. The first-order valence-corrected chi connectivity index (χ1v) is 15.3. The molecule has 6 aromatic rings. The van der Waals surface area contributed by atoms with E-state index in [-0.39, 0.29) is 11.7 Å². The molecule has 3 aromatic carbocycles. The highest BCUT2D eigenvalue weighted by Crippen LogP contribution is 2.45. The van der Waals surface area contributed by atoms with Crippen molar-refractivity contribution in [1.29, 1.82) is 0 Å². The van der Waals surface area contributed by atoms with Crippen LogP contribution in [0.1, 0.15) is 70.0 Å². The molecule has 0 aliphatic heterocycles. The Balaban J connectivity index is 0.000000259. The van der Waals surface area contributed by atoms with Crippen molar-refractivity contribution in [2.24, 2.45) is 0 Å². The molecular weight excluding hydrogens is 582 g/mol. The summed E-state index contributed by atoms with van der Waals surface area (Å²) in [6, 6.07) is 23.6. The van der Waals surface area contributed by atoms with Crippen LogP contribution in [-0.4, -0.2) is 44.2 Å². The number of pyridine rings is 1. The van der Waals surface area contributed by atoms with Gasteiger partial charge in [0.1, 0.15) is 18.1 Å². The van der Waals surface area contributed by atoms with Gasteiger partial charge >= 0.3 is 11.9 Å². The van der Waals surface area contributed by atoms with Crippen LogP contribution in [0.15, 0.2) is 91.3 Å². The molecule has 46 heavy (non-hydrogen) atoms. The zero-order valence-electron chi connectivity index (χ0n) is 25.5. The van der Waals surface area contributed by atoms with Gasteiger partial charge in [-0.3, -0.25) is 4.98 Å². The Kier molecular flexibility index (Phi) is 9.01. The first-order chi connectivity index (χ1) is 22.4. The second-order valence-corrected chi connectivity index (χ2v) is 11.4. The molecule has 1 aliphatic rings. The Morgan fingerprint density at radius 2 is 1.72 bits per heavy atom. The van der Waals surface area contributed by atoms with E-state index in [1.165, 1.54) is 31.9 Å². The third-order valence-corrected chi connectivity index (χ3v) is 8.43. The number of aromatic nitrogens is 3. The van der Waals surface area contributed by atoms with Crippen LogP contribution >= 0.6 is 0 Å². The van der Waals surface area contributed by atoms with Gasteiger partial charge in [0.2, 0.25) is 0 Å². The highest BCUT2D eigenvalue weighted by atomic mass is 16.5. The van der Waals surface area contributed by atoms with E-state index in [2.05, 4.69) is 15.0 Å². The topological polar surface area (TPSA) is 138 Å². The Morgan fingerprint density at radius 1 is 0.913 bits per heavy atom. The zero-order chi connectivity index (χ0) is 32.0. The molecule has 1 saturated carbocycles. The minimum Gasteiger partial charge on any atom is -0.507 e. The summed E-state index contributed by atoms with van der Waals surface area (Å²) >= 11 is 0. The monoisotopic (exact) mass is 617 g/mol. The highest BCUT2D eigenvalue weighted by molar-refractivity contribution is 5.98. The highest BCUT2D eigenvalue weighted by Gasteiger charge is 2.25. The van der Waals surface area contributed by atoms with E-state index in [1.807, 2.05) is 54.6 Å². The number of aromatic hydroxyl groups is 1. The number of aromatic amines is 2. The first kappa shape index (κ1) is 30.5. The van der Waals surface area contributed by atoms with E-state index in [1.54, 1.807) is 36.7 Å². The molecule has 3 heterocycles. The lowest BCUT2D eigenvalue weighted by molar-refractivity contribution is 0.0600. The van der Waals surface area contributed by atoms with Crippen LogP contribution in [-0.2, 0) is 11.3 Å². The van der Waals surface area contributed by atoms with Gasteiger partial charge in [-0.2, -0.15) is 0 Å². The minimum absolute atomic E-state index is 0.148. The standard InChI is InChI=1S/C28H28N2O4.C9H7NO2/c1-33-28(32)19-10-12-22-24(15-19)30-27(26(22)18-7-3-2-4-8-18)23-13-11-21(16-25(23)31)34-17-20-9-5-6-14-29-20;11-9(12)7-2-1-6-3-4-10-8(6)5-7/h5-6,9-16,18,30-31H,2-4,7-8,17H2,1H3;1-5,10H,(H,11,12). The van der Waals surface area contributed by atoms with E-state index >= 15 is 0 Å². The Hall–Kier alpha value is -5.57. The van der Waals surface area contributed by atoms with Crippen LogP contribution < -0.4 is 4.74 Å². The number of hydrogen-bond donors (Lipinski definition) is 4. The van der Waals surface area contributed by atoms with E-state index in [4.69, 9.17) is 14.6 Å². The number of aromatic carboxylic acids is 1. The predicted octanol–water partition coefficient (Wildman–Crippen LogP) is 8.21. The van der Waals surface area contributed by atoms with E-state index in [0.717, 1.165) is 51.6 Å². The number of H-pyrrole nitrogens is 2. The zero-order valence-corrected chi connectivity index (χ0v) is 25.5. The molecule has 7 rings (SSSR count). The maximum atomic E-state index is 12.1. The third-order valence-electron chi connectivity index (χ3n) is 8.43. The van der Waals surface area contributed by atoms with E-state index in [9.17, 15) is 14.7 Å². The molecule has 0 spiro atoms. The van der Waals surface area contributed by atoms with Crippen LogP contribution in [0.4, 0.5) is 0 Å². The number of rotatable bonds is 7. The average molecular weight is 618 g/mol. The van der Waals surface area contributed by atoms with Crippen LogP contribution in [0.3, 0.4) is 0 Å². The number of ether oxygens (including phenoxy) is 2. The largest absolute Gasteiger partial charge is 0.507 e. The van der Waals surface area contributed by atoms with Crippen molar-refractivity contribution in [1.82, 2.24) is 15.0 Å². The average Bonchev–Trinajstić information content (AvgIpc) is 3.72. The quantitative estimate of drug-likeness (QED) is 0.132. The summed E-state index contributed by atoms with van der Waals surface area (Å²) in [4.78, 5) is 33.4. The second-order valence-electron chi connectivity index (χ2n) is 11.4. The molecule has 0 bridgehead atoms. The number of carbonyl (C=O) groups is 2. The van der Waals surface area contributed by atoms with E-state index < -0.39 is 5.97 Å². The fourth-order valence-electron chi connectivity index (χ4n) is 6.13.